The Labute approximate surface area is 131 Å². The lowest BCUT2D eigenvalue weighted by Crippen LogP contribution is -2.06. The zero-order valence-corrected chi connectivity index (χ0v) is 13.2. The lowest BCUT2D eigenvalue weighted by molar-refractivity contribution is 0.445. The third-order valence-electron chi connectivity index (χ3n) is 3.18. The van der Waals surface area contributed by atoms with E-state index in [1.807, 2.05) is 18.4 Å². The van der Waals surface area contributed by atoms with Crippen LogP contribution in [0.3, 0.4) is 0 Å². The Morgan fingerprint density at radius 2 is 2.14 bits per heavy atom. The van der Waals surface area contributed by atoms with Crippen LogP contribution in [0.5, 0.6) is 0 Å². The molecule has 3 aromatic heterocycles. The highest BCUT2D eigenvalue weighted by atomic mass is 35.5. The number of aromatic nitrogens is 4. The Bertz CT molecular complexity index is 778. The molecule has 0 radical (unpaired) electrons. The molecule has 1 atom stereocenters. The Kier molecular flexibility index (Phi) is 3.87. The maximum absolute atomic E-state index is 6.22. The number of oxazole rings is 1. The molecule has 0 fully saturated rings. The minimum Gasteiger partial charge on any atom is -0.444 e. The SMILES string of the molecule is CCc1cnc(Cn2c(C(C)Cl)nc3cc(Cl)cnc32)o1. The molecule has 3 aromatic rings. The minimum atomic E-state index is -0.251. The first-order chi connectivity index (χ1) is 10.1. The lowest BCUT2D eigenvalue weighted by atomic mass is 10.4. The quantitative estimate of drug-likeness (QED) is 0.681. The second-order valence-electron chi connectivity index (χ2n) is 4.74. The molecule has 0 aromatic carbocycles. The molecule has 7 heteroatoms. The number of alkyl halides is 1. The monoisotopic (exact) mass is 324 g/mol. The number of aryl methyl sites for hydroxylation is 1. The van der Waals surface area contributed by atoms with Gasteiger partial charge < -0.3 is 8.98 Å². The van der Waals surface area contributed by atoms with Gasteiger partial charge >= 0.3 is 0 Å². The van der Waals surface area contributed by atoms with E-state index in [0.717, 1.165) is 23.7 Å². The Morgan fingerprint density at radius 1 is 1.33 bits per heavy atom. The molecule has 0 aliphatic rings. The van der Waals surface area contributed by atoms with Crippen LogP contribution in [0.4, 0.5) is 0 Å². The maximum atomic E-state index is 6.22. The van der Waals surface area contributed by atoms with Gasteiger partial charge in [-0.15, -0.1) is 11.6 Å². The molecular weight excluding hydrogens is 311 g/mol. The van der Waals surface area contributed by atoms with Crippen molar-refractivity contribution >= 4 is 34.4 Å². The second kappa shape index (κ2) is 5.66. The number of fused-ring (bicyclic) bond motifs is 1. The summed E-state index contributed by atoms with van der Waals surface area (Å²) in [5.74, 6) is 2.19. The predicted molar refractivity (Wildman–Crippen MR) is 81.8 cm³/mol. The van der Waals surface area contributed by atoms with Crippen molar-refractivity contribution in [2.75, 3.05) is 0 Å². The average Bonchev–Trinajstić information content (AvgIpc) is 3.04. The highest BCUT2D eigenvalue weighted by Gasteiger charge is 2.18. The molecule has 1 unspecified atom stereocenters. The molecule has 0 saturated carbocycles. The van der Waals surface area contributed by atoms with Crippen LogP contribution in [0, 0.1) is 0 Å². The van der Waals surface area contributed by atoms with Gasteiger partial charge in [0.2, 0.25) is 5.89 Å². The van der Waals surface area contributed by atoms with Crippen molar-refractivity contribution in [1.82, 2.24) is 19.5 Å². The molecule has 5 nitrogen and oxygen atoms in total. The summed E-state index contributed by atoms with van der Waals surface area (Å²) in [6.07, 6.45) is 4.14. The van der Waals surface area contributed by atoms with Gasteiger partial charge in [0.1, 0.15) is 23.6 Å². The number of rotatable bonds is 4. The molecule has 0 saturated heterocycles. The minimum absolute atomic E-state index is 0.251. The first-order valence-electron chi connectivity index (χ1n) is 6.67. The van der Waals surface area contributed by atoms with Crippen LogP contribution < -0.4 is 0 Å². The van der Waals surface area contributed by atoms with Crippen LogP contribution in [0.25, 0.3) is 11.2 Å². The normalized spacial score (nSPS) is 13.0. The highest BCUT2D eigenvalue weighted by molar-refractivity contribution is 6.31. The number of halogens is 2. The molecular formula is C14H14Cl2N4O. The first-order valence-corrected chi connectivity index (χ1v) is 7.49. The van der Waals surface area contributed by atoms with Crippen molar-refractivity contribution in [3.05, 3.63) is 41.0 Å². The molecule has 0 aliphatic carbocycles. The van der Waals surface area contributed by atoms with Crippen molar-refractivity contribution in [3.63, 3.8) is 0 Å². The third-order valence-corrected chi connectivity index (χ3v) is 3.58. The van der Waals surface area contributed by atoms with E-state index >= 15 is 0 Å². The van der Waals surface area contributed by atoms with Gasteiger partial charge in [-0.1, -0.05) is 18.5 Å². The van der Waals surface area contributed by atoms with Crippen molar-refractivity contribution in [2.24, 2.45) is 0 Å². The van der Waals surface area contributed by atoms with Gasteiger partial charge in [0.15, 0.2) is 5.65 Å². The van der Waals surface area contributed by atoms with E-state index < -0.39 is 0 Å². The van der Waals surface area contributed by atoms with Crippen LogP contribution in [-0.2, 0) is 13.0 Å². The lowest BCUT2D eigenvalue weighted by Gasteiger charge is -2.07. The largest absolute Gasteiger partial charge is 0.444 e. The number of pyridine rings is 1. The van der Waals surface area contributed by atoms with Crippen molar-refractivity contribution in [2.45, 2.75) is 32.2 Å². The molecule has 0 bridgehead atoms. The summed E-state index contributed by atoms with van der Waals surface area (Å²) in [7, 11) is 0. The van der Waals surface area contributed by atoms with Gasteiger partial charge in [-0.2, -0.15) is 0 Å². The Hall–Kier alpha value is -1.59. The third kappa shape index (κ3) is 2.76. The van der Waals surface area contributed by atoms with Gasteiger partial charge in [0.25, 0.3) is 0 Å². The van der Waals surface area contributed by atoms with Gasteiger partial charge in [-0.25, -0.2) is 15.0 Å². The summed E-state index contributed by atoms with van der Waals surface area (Å²) in [6.45, 7) is 4.33. The smallest absolute Gasteiger partial charge is 0.214 e. The molecule has 3 rings (SSSR count). The number of imidazole rings is 1. The molecule has 0 amide bonds. The second-order valence-corrected chi connectivity index (χ2v) is 5.83. The van der Waals surface area contributed by atoms with E-state index in [2.05, 4.69) is 15.0 Å². The summed E-state index contributed by atoms with van der Waals surface area (Å²) < 4.78 is 7.57. The van der Waals surface area contributed by atoms with Gasteiger partial charge in [-0.3, -0.25) is 0 Å². The van der Waals surface area contributed by atoms with Crippen molar-refractivity contribution < 1.29 is 4.42 Å². The summed E-state index contributed by atoms with van der Waals surface area (Å²) in [5, 5.41) is 0.295. The van der Waals surface area contributed by atoms with E-state index in [9.17, 15) is 0 Å². The number of nitrogens with zero attached hydrogens (tertiary/aromatic N) is 4. The number of hydrogen-bond acceptors (Lipinski definition) is 4. The fourth-order valence-electron chi connectivity index (χ4n) is 2.18. The van der Waals surface area contributed by atoms with E-state index in [1.165, 1.54) is 0 Å². The fourth-order valence-corrected chi connectivity index (χ4v) is 2.50. The van der Waals surface area contributed by atoms with Gasteiger partial charge in [0.05, 0.1) is 16.6 Å². The zero-order chi connectivity index (χ0) is 15.0. The van der Waals surface area contributed by atoms with Crippen LogP contribution in [0.2, 0.25) is 5.02 Å². The zero-order valence-electron chi connectivity index (χ0n) is 11.7. The van der Waals surface area contributed by atoms with E-state index in [0.29, 0.717) is 23.0 Å². The molecule has 21 heavy (non-hydrogen) atoms. The van der Waals surface area contributed by atoms with E-state index in [4.69, 9.17) is 27.6 Å². The van der Waals surface area contributed by atoms with Crippen LogP contribution in [-0.4, -0.2) is 19.5 Å². The highest BCUT2D eigenvalue weighted by Crippen LogP contribution is 2.25. The fraction of sp³-hybridized carbons (Fsp3) is 0.357. The summed E-state index contributed by atoms with van der Waals surface area (Å²) >= 11 is 12.2. The molecule has 0 spiro atoms. The van der Waals surface area contributed by atoms with Crippen molar-refractivity contribution in [1.29, 1.82) is 0 Å². The average molecular weight is 325 g/mol. The van der Waals surface area contributed by atoms with Crippen LogP contribution in [0.15, 0.2) is 22.9 Å². The Morgan fingerprint density at radius 3 is 2.81 bits per heavy atom. The Balaban J connectivity index is 2.08. The molecule has 3 heterocycles. The number of hydrogen-bond donors (Lipinski definition) is 0. The van der Waals surface area contributed by atoms with Crippen LogP contribution in [0.1, 0.15) is 36.7 Å². The topological polar surface area (TPSA) is 56.7 Å². The summed E-state index contributed by atoms with van der Waals surface area (Å²) in [5.41, 5.74) is 1.44. The summed E-state index contributed by atoms with van der Waals surface area (Å²) in [6, 6.07) is 1.77. The maximum Gasteiger partial charge on any atom is 0.214 e. The van der Waals surface area contributed by atoms with E-state index in [-0.39, 0.29) is 5.38 Å². The predicted octanol–water partition coefficient (Wildman–Crippen LogP) is 3.98. The van der Waals surface area contributed by atoms with Gasteiger partial charge in [-0.05, 0) is 13.0 Å². The first kappa shape index (κ1) is 14.4. The van der Waals surface area contributed by atoms with E-state index in [1.54, 1.807) is 18.5 Å². The summed E-state index contributed by atoms with van der Waals surface area (Å²) in [4.78, 5) is 13.1. The molecule has 0 aliphatic heterocycles. The molecule has 110 valence electrons. The van der Waals surface area contributed by atoms with Gasteiger partial charge in [0, 0.05) is 12.6 Å². The van der Waals surface area contributed by atoms with Crippen LogP contribution >= 0.6 is 23.2 Å². The standard InChI is InChI=1S/C14H14Cl2N4O/c1-3-10-6-17-12(21-10)7-20-13(8(2)15)19-11-4-9(16)5-18-14(11)20/h4-6,8H,3,7H2,1-2H3. The molecule has 0 N–H and O–H groups in total. The van der Waals surface area contributed by atoms with Crippen molar-refractivity contribution in [3.8, 4) is 0 Å².